The first-order valence-electron chi connectivity index (χ1n) is 3.72. The summed E-state index contributed by atoms with van der Waals surface area (Å²) in [5.41, 5.74) is 0. The lowest BCUT2D eigenvalue weighted by Gasteiger charge is -2.15. The molecule has 0 bridgehead atoms. The molecule has 1 heterocycles. The summed E-state index contributed by atoms with van der Waals surface area (Å²) in [6.45, 7) is 3.13. The van der Waals surface area contributed by atoms with E-state index in [1.165, 1.54) is 14.0 Å². The third-order valence-electron chi connectivity index (χ3n) is 1.76. The molecule has 5 nitrogen and oxygen atoms in total. The molecule has 12 heavy (non-hydrogen) atoms. The molecule has 1 aliphatic rings. The van der Waals surface area contributed by atoms with Crippen molar-refractivity contribution in [2.24, 2.45) is 0 Å². The van der Waals surface area contributed by atoms with Gasteiger partial charge in [0.05, 0.1) is 13.2 Å². The maximum atomic E-state index is 11.0. The predicted octanol–water partition coefficient (Wildman–Crippen LogP) is -0.798. The van der Waals surface area contributed by atoms with Gasteiger partial charge in [-0.05, 0) is 6.92 Å². The summed E-state index contributed by atoms with van der Waals surface area (Å²) in [5.74, 6) is -1.86. The van der Waals surface area contributed by atoms with Gasteiger partial charge in [-0.1, -0.05) is 0 Å². The Labute approximate surface area is 70.7 Å². The van der Waals surface area contributed by atoms with Crippen LogP contribution in [0.1, 0.15) is 13.8 Å². The highest BCUT2D eigenvalue weighted by Gasteiger charge is 2.43. The summed E-state index contributed by atoms with van der Waals surface area (Å²) in [4.78, 5) is 11.0. The molecule has 0 aromatic rings. The fourth-order valence-corrected chi connectivity index (χ4v) is 1.25. The Morgan fingerprint density at radius 2 is 2.33 bits per heavy atom. The SMILES string of the molecule is COC(=O)C1NC(C)(O)O[C@H]1C. The van der Waals surface area contributed by atoms with Crippen molar-refractivity contribution in [2.75, 3.05) is 7.11 Å². The van der Waals surface area contributed by atoms with Gasteiger partial charge in [-0.25, -0.2) is 0 Å². The number of nitrogens with one attached hydrogen (secondary N) is 1. The van der Waals surface area contributed by atoms with Crippen LogP contribution in [-0.4, -0.2) is 36.2 Å². The van der Waals surface area contributed by atoms with Gasteiger partial charge in [0, 0.05) is 6.92 Å². The van der Waals surface area contributed by atoms with Crippen LogP contribution < -0.4 is 5.32 Å². The molecule has 0 radical (unpaired) electrons. The third kappa shape index (κ3) is 1.74. The van der Waals surface area contributed by atoms with E-state index in [0.29, 0.717) is 0 Å². The smallest absolute Gasteiger partial charge is 0.325 e. The highest BCUT2D eigenvalue weighted by atomic mass is 16.7. The molecule has 0 spiro atoms. The lowest BCUT2D eigenvalue weighted by Crippen LogP contribution is -2.45. The summed E-state index contributed by atoms with van der Waals surface area (Å²) in [7, 11) is 1.30. The Balaban J connectivity index is 2.64. The number of ether oxygens (including phenoxy) is 2. The van der Waals surface area contributed by atoms with Crippen LogP contribution in [0.2, 0.25) is 0 Å². The summed E-state index contributed by atoms with van der Waals surface area (Å²) in [6, 6.07) is -0.593. The van der Waals surface area contributed by atoms with Gasteiger partial charge in [0.15, 0.2) is 0 Å². The first-order chi connectivity index (χ1) is 5.46. The van der Waals surface area contributed by atoms with E-state index in [0.717, 1.165) is 0 Å². The van der Waals surface area contributed by atoms with Gasteiger partial charge in [0.2, 0.25) is 5.91 Å². The topological polar surface area (TPSA) is 67.8 Å². The number of methoxy groups -OCH3 is 1. The van der Waals surface area contributed by atoms with Gasteiger partial charge in [-0.3, -0.25) is 10.1 Å². The molecular formula is C7H13NO4. The molecule has 2 N–H and O–H groups in total. The number of carbonyl (C=O) groups excluding carboxylic acids is 1. The standard InChI is InChI=1S/C7H13NO4/c1-4-5(6(9)11-3)8-7(2,10)12-4/h4-5,8,10H,1-3H3/t4-,5?,7?/m0/s1. The summed E-state index contributed by atoms with van der Waals surface area (Å²) < 4.78 is 9.53. The molecule has 1 saturated heterocycles. The molecule has 5 heteroatoms. The minimum absolute atomic E-state index is 0.382. The number of aliphatic hydroxyl groups is 1. The lowest BCUT2D eigenvalue weighted by molar-refractivity contribution is -0.187. The number of hydrogen-bond donors (Lipinski definition) is 2. The minimum atomic E-state index is -1.43. The number of hydrogen-bond acceptors (Lipinski definition) is 5. The number of carbonyl (C=O) groups is 1. The molecule has 1 rings (SSSR count). The molecule has 1 fully saturated rings. The number of esters is 1. The zero-order valence-corrected chi connectivity index (χ0v) is 7.33. The quantitative estimate of drug-likeness (QED) is 0.511. The van der Waals surface area contributed by atoms with E-state index in [4.69, 9.17) is 4.74 Å². The van der Waals surface area contributed by atoms with Gasteiger partial charge in [0.1, 0.15) is 6.04 Å². The van der Waals surface area contributed by atoms with Crippen LogP contribution in [0, 0.1) is 0 Å². The second kappa shape index (κ2) is 3.01. The Bertz CT molecular complexity index is 192. The zero-order chi connectivity index (χ0) is 9.35. The van der Waals surface area contributed by atoms with Gasteiger partial charge in [-0.15, -0.1) is 0 Å². The third-order valence-corrected chi connectivity index (χ3v) is 1.76. The van der Waals surface area contributed by atoms with Crippen LogP contribution in [-0.2, 0) is 14.3 Å². The Kier molecular flexibility index (Phi) is 2.36. The van der Waals surface area contributed by atoms with E-state index in [2.05, 4.69) is 10.1 Å². The van der Waals surface area contributed by atoms with E-state index in [1.54, 1.807) is 6.92 Å². The van der Waals surface area contributed by atoms with Crippen molar-refractivity contribution < 1.29 is 19.4 Å². The normalized spacial score (nSPS) is 41.3. The molecule has 0 saturated carbocycles. The fourth-order valence-electron chi connectivity index (χ4n) is 1.25. The Morgan fingerprint density at radius 1 is 1.75 bits per heavy atom. The van der Waals surface area contributed by atoms with Crippen molar-refractivity contribution in [3.05, 3.63) is 0 Å². The number of rotatable bonds is 1. The highest BCUT2D eigenvalue weighted by molar-refractivity contribution is 5.76. The van der Waals surface area contributed by atoms with Crippen molar-refractivity contribution in [1.82, 2.24) is 5.32 Å². The molecule has 2 unspecified atom stereocenters. The van der Waals surface area contributed by atoms with Gasteiger partial charge in [0.25, 0.3) is 0 Å². The van der Waals surface area contributed by atoms with Gasteiger partial charge >= 0.3 is 5.97 Å². The van der Waals surface area contributed by atoms with Gasteiger partial charge < -0.3 is 14.6 Å². The predicted molar refractivity (Wildman–Crippen MR) is 40.1 cm³/mol. The van der Waals surface area contributed by atoms with Crippen molar-refractivity contribution >= 4 is 5.97 Å². The molecule has 0 amide bonds. The van der Waals surface area contributed by atoms with Crippen LogP contribution >= 0.6 is 0 Å². The second-order valence-electron chi connectivity index (χ2n) is 2.95. The molecule has 3 atom stereocenters. The molecule has 0 aromatic heterocycles. The van der Waals surface area contributed by atoms with Crippen molar-refractivity contribution in [3.63, 3.8) is 0 Å². The Morgan fingerprint density at radius 3 is 2.67 bits per heavy atom. The van der Waals surface area contributed by atoms with E-state index in [-0.39, 0.29) is 6.10 Å². The summed E-state index contributed by atoms with van der Waals surface area (Å²) >= 11 is 0. The highest BCUT2D eigenvalue weighted by Crippen LogP contribution is 2.19. The van der Waals surface area contributed by atoms with Gasteiger partial charge in [-0.2, -0.15) is 0 Å². The maximum Gasteiger partial charge on any atom is 0.325 e. The molecule has 0 aromatic carbocycles. The largest absolute Gasteiger partial charge is 0.468 e. The molecule has 0 aliphatic carbocycles. The lowest BCUT2D eigenvalue weighted by atomic mass is 10.2. The first-order valence-corrected chi connectivity index (χ1v) is 3.72. The first kappa shape index (κ1) is 9.44. The molecule has 1 aliphatic heterocycles. The van der Waals surface area contributed by atoms with Crippen molar-refractivity contribution in [2.45, 2.75) is 31.9 Å². The molecular weight excluding hydrogens is 162 g/mol. The summed E-state index contributed by atoms with van der Waals surface area (Å²) in [5, 5.41) is 11.9. The fraction of sp³-hybridized carbons (Fsp3) is 0.857. The van der Waals surface area contributed by atoms with E-state index in [1.807, 2.05) is 0 Å². The van der Waals surface area contributed by atoms with Crippen LogP contribution in [0.5, 0.6) is 0 Å². The molecule has 70 valence electrons. The van der Waals surface area contributed by atoms with Crippen LogP contribution in [0.25, 0.3) is 0 Å². The van der Waals surface area contributed by atoms with Crippen LogP contribution in [0.15, 0.2) is 0 Å². The average molecular weight is 175 g/mol. The average Bonchev–Trinajstić information content (AvgIpc) is 2.23. The van der Waals surface area contributed by atoms with Crippen LogP contribution in [0.3, 0.4) is 0 Å². The minimum Gasteiger partial charge on any atom is -0.468 e. The van der Waals surface area contributed by atoms with E-state index >= 15 is 0 Å². The Hall–Kier alpha value is -0.650. The monoisotopic (exact) mass is 175 g/mol. The van der Waals surface area contributed by atoms with Crippen molar-refractivity contribution in [1.29, 1.82) is 0 Å². The zero-order valence-electron chi connectivity index (χ0n) is 7.33. The van der Waals surface area contributed by atoms with Crippen molar-refractivity contribution in [3.8, 4) is 0 Å². The van der Waals surface area contributed by atoms with Crippen LogP contribution in [0.4, 0.5) is 0 Å². The maximum absolute atomic E-state index is 11.0. The van der Waals surface area contributed by atoms with E-state index in [9.17, 15) is 9.90 Å². The van der Waals surface area contributed by atoms with E-state index < -0.39 is 17.9 Å². The summed E-state index contributed by atoms with van der Waals surface area (Å²) in [6.07, 6.45) is -0.382. The second-order valence-corrected chi connectivity index (χ2v) is 2.95.